The van der Waals surface area contributed by atoms with Crippen LogP contribution in [0.1, 0.15) is 34.6 Å². The van der Waals surface area contributed by atoms with Gasteiger partial charge in [-0.05, 0) is 33.7 Å². The number of alkyl carbamates (subject to hydrolysis) is 1. The Hall–Kier alpha value is -1.35. The molecule has 22 heavy (non-hydrogen) atoms. The molecule has 0 fully saturated rings. The first kappa shape index (κ1) is 20.6. The second kappa shape index (κ2) is 7.77. The molecule has 9 heteroatoms. The van der Waals surface area contributed by atoms with Gasteiger partial charge < -0.3 is 15.2 Å². The van der Waals surface area contributed by atoms with E-state index in [1.54, 1.807) is 34.6 Å². The molecule has 1 amide bonds. The van der Waals surface area contributed by atoms with Crippen LogP contribution < -0.4 is 10.0 Å². The van der Waals surface area contributed by atoms with Crippen LogP contribution >= 0.6 is 0 Å². The maximum Gasteiger partial charge on any atom is 0.407 e. The largest absolute Gasteiger partial charge is 0.481 e. The quantitative estimate of drug-likeness (QED) is 0.631. The number of carbonyl (C=O) groups is 2. The Kier molecular flexibility index (Phi) is 7.30. The van der Waals surface area contributed by atoms with Crippen LogP contribution in [0.5, 0.6) is 0 Å². The van der Waals surface area contributed by atoms with Gasteiger partial charge >= 0.3 is 12.1 Å². The molecule has 0 aromatic rings. The number of hydrogen-bond donors (Lipinski definition) is 3. The second-order valence-electron chi connectivity index (χ2n) is 6.35. The number of rotatable bonds is 7. The Labute approximate surface area is 131 Å². The Morgan fingerprint density at radius 2 is 1.73 bits per heavy atom. The molecule has 0 saturated heterocycles. The summed E-state index contributed by atoms with van der Waals surface area (Å²) in [6.07, 6.45) is -0.778. The van der Waals surface area contributed by atoms with E-state index in [9.17, 15) is 23.1 Å². The van der Waals surface area contributed by atoms with Gasteiger partial charge in [-0.15, -0.1) is 0 Å². The van der Waals surface area contributed by atoms with Gasteiger partial charge in [-0.25, -0.2) is 17.9 Å². The second-order valence-corrected chi connectivity index (χ2v) is 8.32. The number of ether oxygens (including phenoxy) is 1. The van der Waals surface area contributed by atoms with Crippen LogP contribution in [-0.4, -0.2) is 50.0 Å². The molecule has 0 aromatic heterocycles. The van der Waals surface area contributed by atoms with E-state index in [-0.39, 0.29) is 5.92 Å². The van der Waals surface area contributed by atoms with Crippen LogP contribution in [0.25, 0.3) is 0 Å². The number of nitrogens with one attached hydrogen (secondary N) is 2. The van der Waals surface area contributed by atoms with Gasteiger partial charge in [0.1, 0.15) is 5.60 Å². The molecule has 8 nitrogen and oxygen atoms in total. The zero-order chi connectivity index (χ0) is 17.7. The lowest BCUT2D eigenvalue weighted by Crippen LogP contribution is -2.51. The molecule has 130 valence electrons. The van der Waals surface area contributed by atoms with Crippen molar-refractivity contribution in [2.45, 2.75) is 46.3 Å². The average Bonchev–Trinajstić information content (AvgIpc) is 2.30. The zero-order valence-electron chi connectivity index (χ0n) is 13.8. The van der Waals surface area contributed by atoms with Gasteiger partial charge in [-0.1, -0.05) is 13.8 Å². The molecule has 0 rings (SSSR count). The lowest BCUT2D eigenvalue weighted by molar-refractivity contribution is -0.142. The van der Waals surface area contributed by atoms with E-state index in [0.717, 1.165) is 0 Å². The van der Waals surface area contributed by atoms with Crippen molar-refractivity contribution in [3.05, 3.63) is 0 Å². The molecule has 0 bridgehead atoms. The van der Waals surface area contributed by atoms with Crippen molar-refractivity contribution >= 4 is 22.1 Å². The molecule has 0 aliphatic carbocycles. The monoisotopic (exact) mass is 338 g/mol. The fourth-order valence-corrected chi connectivity index (χ4v) is 2.81. The first-order chi connectivity index (χ1) is 9.79. The highest BCUT2D eigenvalue weighted by Gasteiger charge is 2.36. The predicted molar refractivity (Wildman–Crippen MR) is 82.0 cm³/mol. The highest BCUT2D eigenvalue weighted by atomic mass is 32.2. The maximum atomic E-state index is 11.8. The van der Waals surface area contributed by atoms with Crippen LogP contribution in [0, 0.1) is 11.8 Å². The number of carboxylic acid groups (broad SMARTS) is 1. The van der Waals surface area contributed by atoms with Crippen LogP contribution in [0.4, 0.5) is 4.79 Å². The van der Waals surface area contributed by atoms with E-state index in [1.165, 1.54) is 7.05 Å². The molecule has 0 radical (unpaired) electrons. The standard InChI is InChI=1S/C13H26N2O6S/c1-8(2)10(15-12(18)21-13(3,4)5)9(11(16)17)7-22(19,20)14-6/h8-10,14H,7H2,1-6H3,(H,15,18)(H,16,17). The van der Waals surface area contributed by atoms with E-state index in [0.29, 0.717) is 0 Å². The van der Waals surface area contributed by atoms with E-state index in [4.69, 9.17) is 4.74 Å². The first-order valence-corrected chi connectivity index (χ1v) is 8.58. The van der Waals surface area contributed by atoms with Gasteiger partial charge in [0.2, 0.25) is 10.0 Å². The van der Waals surface area contributed by atoms with Crippen LogP contribution in [0.15, 0.2) is 0 Å². The van der Waals surface area contributed by atoms with E-state index in [2.05, 4.69) is 10.0 Å². The summed E-state index contributed by atoms with van der Waals surface area (Å²) in [5, 5.41) is 11.8. The summed E-state index contributed by atoms with van der Waals surface area (Å²) in [7, 11) is -2.53. The maximum absolute atomic E-state index is 11.8. The van der Waals surface area contributed by atoms with Gasteiger partial charge in [0.25, 0.3) is 0 Å². The SMILES string of the molecule is CNS(=O)(=O)CC(C(=O)O)C(NC(=O)OC(C)(C)C)C(C)C. The normalized spacial score (nSPS) is 15.2. The van der Waals surface area contributed by atoms with E-state index in [1.807, 2.05) is 0 Å². The highest BCUT2D eigenvalue weighted by molar-refractivity contribution is 7.89. The topological polar surface area (TPSA) is 122 Å². The Morgan fingerprint density at radius 1 is 1.23 bits per heavy atom. The lowest BCUT2D eigenvalue weighted by atomic mass is 9.92. The van der Waals surface area contributed by atoms with E-state index >= 15 is 0 Å². The number of sulfonamides is 1. The van der Waals surface area contributed by atoms with Crippen molar-refractivity contribution in [3.8, 4) is 0 Å². The fourth-order valence-electron chi connectivity index (χ4n) is 1.82. The third-order valence-electron chi connectivity index (χ3n) is 2.86. The fraction of sp³-hybridized carbons (Fsp3) is 0.846. The highest BCUT2D eigenvalue weighted by Crippen LogP contribution is 2.17. The molecule has 0 aliphatic heterocycles. The van der Waals surface area contributed by atoms with Crippen molar-refractivity contribution < 1.29 is 27.9 Å². The van der Waals surface area contributed by atoms with Crippen molar-refractivity contribution in [2.24, 2.45) is 11.8 Å². The summed E-state index contributed by atoms with van der Waals surface area (Å²) in [4.78, 5) is 23.3. The molecule has 0 spiro atoms. The van der Waals surface area contributed by atoms with Gasteiger partial charge in [-0.2, -0.15) is 0 Å². The molecule has 2 unspecified atom stereocenters. The first-order valence-electron chi connectivity index (χ1n) is 6.92. The van der Waals surface area contributed by atoms with Crippen LogP contribution in [-0.2, 0) is 19.6 Å². The average molecular weight is 338 g/mol. The third kappa shape index (κ3) is 7.60. The summed E-state index contributed by atoms with van der Waals surface area (Å²) in [5.41, 5.74) is -0.735. The zero-order valence-corrected chi connectivity index (χ0v) is 14.7. The minimum atomic E-state index is -3.74. The van der Waals surface area contributed by atoms with Crippen molar-refractivity contribution in [3.63, 3.8) is 0 Å². The van der Waals surface area contributed by atoms with Gasteiger partial charge in [-0.3, -0.25) is 4.79 Å². The lowest BCUT2D eigenvalue weighted by Gasteiger charge is -2.29. The number of amides is 1. The number of aliphatic carboxylic acids is 1. The molecule has 0 saturated carbocycles. The molecule has 3 N–H and O–H groups in total. The number of carboxylic acids is 1. The molecular formula is C13H26N2O6S. The summed E-state index contributed by atoms with van der Waals surface area (Å²) >= 11 is 0. The van der Waals surface area contributed by atoms with Crippen molar-refractivity contribution in [1.29, 1.82) is 0 Å². The predicted octanol–water partition coefficient (Wildman–Crippen LogP) is 0.786. The van der Waals surface area contributed by atoms with Gasteiger partial charge in [0.15, 0.2) is 0 Å². The molecule has 0 aliphatic rings. The smallest absolute Gasteiger partial charge is 0.407 e. The number of carbonyl (C=O) groups excluding carboxylic acids is 1. The summed E-state index contributed by atoms with van der Waals surface area (Å²) < 4.78 is 30.4. The van der Waals surface area contributed by atoms with E-state index < -0.39 is 45.4 Å². The number of hydrogen-bond acceptors (Lipinski definition) is 5. The third-order valence-corrected chi connectivity index (χ3v) is 4.28. The summed E-state index contributed by atoms with van der Waals surface area (Å²) in [5.74, 6) is -3.50. The van der Waals surface area contributed by atoms with Crippen LogP contribution in [0.2, 0.25) is 0 Å². The van der Waals surface area contributed by atoms with Gasteiger partial charge in [0.05, 0.1) is 11.7 Å². The van der Waals surface area contributed by atoms with Crippen LogP contribution in [0.3, 0.4) is 0 Å². The summed E-state index contributed by atoms with van der Waals surface area (Å²) in [6, 6.07) is -0.879. The van der Waals surface area contributed by atoms with Gasteiger partial charge in [0, 0.05) is 6.04 Å². The Balaban J connectivity index is 5.25. The molecule has 0 heterocycles. The van der Waals surface area contributed by atoms with Crippen molar-refractivity contribution in [1.82, 2.24) is 10.0 Å². The van der Waals surface area contributed by atoms with Crippen molar-refractivity contribution in [2.75, 3.05) is 12.8 Å². The minimum absolute atomic E-state index is 0.291. The Morgan fingerprint density at radius 3 is 2.05 bits per heavy atom. The Bertz CT molecular complexity index is 495. The molecule has 2 atom stereocenters. The molecule has 0 aromatic carbocycles. The molecular weight excluding hydrogens is 312 g/mol. The minimum Gasteiger partial charge on any atom is -0.481 e. The summed E-state index contributed by atoms with van der Waals surface area (Å²) in [6.45, 7) is 8.43.